The molecule has 1 amide bonds. The second-order valence-electron chi connectivity index (χ2n) is 7.27. The molecule has 0 spiro atoms. The summed E-state index contributed by atoms with van der Waals surface area (Å²) in [4.78, 5) is 19.3. The Morgan fingerprint density at radius 1 is 1.25 bits per heavy atom. The van der Waals surface area contributed by atoms with E-state index in [2.05, 4.69) is 20.4 Å². The average Bonchev–Trinajstić information content (AvgIpc) is 3.25. The molecule has 0 saturated carbocycles. The Hall–Kier alpha value is -2.12. The first-order valence-corrected chi connectivity index (χ1v) is 9.73. The number of carbonyl (C=O) groups is 1. The van der Waals surface area contributed by atoms with Crippen LogP contribution in [0.2, 0.25) is 0 Å². The molecule has 2 aromatic rings. The maximum absolute atomic E-state index is 12.7. The fourth-order valence-corrected chi connectivity index (χ4v) is 4.12. The minimum Gasteiger partial charge on any atom is -0.497 e. The summed E-state index contributed by atoms with van der Waals surface area (Å²) in [6.07, 6.45) is 5.22. The van der Waals surface area contributed by atoms with Gasteiger partial charge in [0.2, 0.25) is 17.6 Å². The van der Waals surface area contributed by atoms with Crippen molar-refractivity contribution in [2.24, 2.45) is 0 Å². The second-order valence-corrected chi connectivity index (χ2v) is 7.27. The zero-order chi connectivity index (χ0) is 18.6. The molecule has 2 atom stereocenters. The molecule has 28 heavy (non-hydrogen) atoms. The molecule has 0 aliphatic carbocycles. The summed E-state index contributed by atoms with van der Waals surface area (Å²) in [7, 11) is 1.64. The Bertz CT molecular complexity index is 766. The largest absolute Gasteiger partial charge is 0.497 e. The van der Waals surface area contributed by atoms with Crippen molar-refractivity contribution in [3.63, 3.8) is 0 Å². The summed E-state index contributed by atoms with van der Waals surface area (Å²) in [6, 6.07) is 8.33. The highest BCUT2D eigenvalue weighted by Crippen LogP contribution is 2.29. The molecule has 2 aliphatic rings. The van der Waals surface area contributed by atoms with Crippen molar-refractivity contribution in [3.8, 4) is 17.1 Å². The Balaban J connectivity index is 0.00000225. The summed E-state index contributed by atoms with van der Waals surface area (Å²) >= 11 is 0. The molecule has 1 aromatic heterocycles. The highest BCUT2D eigenvalue weighted by Gasteiger charge is 2.37. The third-order valence-corrected chi connectivity index (χ3v) is 5.54. The zero-order valence-corrected chi connectivity index (χ0v) is 16.9. The highest BCUT2D eigenvalue weighted by molar-refractivity contribution is 5.85. The lowest BCUT2D eigenvalue weighted by molar-refractivity contribution is -0.133. The highest BCUT2D eigenvalue weighted by atomic mass is 35.5. The lowest BCUT2D eigenvalue weighted by Gasteiger charge is -2.27. The summed E-state index contributed by atoms with van der Waals surface area (Å²) in [5.41, 5.74) is 0.885. The Labute approximate surface area is 171 Å². The number of nitrogens with one attached hydrogen (secondary N) is 1. The van der Waals surface area contributed by atoms with Crippen LogP contribution >= 0.6 is 12.4 Å². The van der Waals surface area contributed by atoms with Crippen LogP contribution in [0.5, 0.6) is 5.75 Å². The van der Waals surface area contributed by atoms with E-state index in [1.54, 1.807) is 7.11 Å². The number of ether oxygens (including phenoxy) is 1. The molecule has 2 bridgehead atoms. The van der Waals surface area contributed by atoms with E-state index in [1.165, 1.54) is 0 Å². The van der Waals surface area contributed by atoms with Crippen LogP contribution in [0.1, 0.15) is 38.0 Å². The molecule has 2 saturated heterocycles. The Kier molecular flexibility index (Phi) is 6.91. The van der Waals surface area contributed by atoms with Crippen LogP contribution in [0.15, 0.2) is 28.8 Å². The number of halogens is 1. The lowest BCUT2D eigenvalue weighted by atomic mass is 10.1. The van der Waals surface area contributed by atoms with Crippen molar-refractivity contribution in [2.75, 3.05) is 20.2 Å². The van der Waals surface area contributed by atoms with E-state index in [1.807, 2.05) is 24.3 Å². The number of hydrogen-bond acceptors (Lipinski definition) is 6. The summed E-state index contributed by atoms with van der Waals surface area (Å²) in [6.45, 7) is 1.94. The second kappa shape index (κ2) is 9.39. The van der Waals surface area contributed by atoms with Crippen LogP contribution < -0.4 is 10.1 Å². The Morgan fingerprint density at radius 2 is 2.04 bits per heavy atom. The first-order chi connectivity index (χ1) is 13.2. The molecular formula is C20H27ClN4O3. The molecule has 1 aromatic carbocycles. The molecule has 2 unspecified atom stereocenters. The van der Waals surface area contributed by atoms with E-state index in [4.69, 9.17) is 9.26 Å². The number of nitrogens with zero attached hydrogens (tertiary/aromatic N) is 3. The fourth-order valence-electron chi connectivity index (χ4n) is 4.12. The summed E-state index contributed by atoms with van der Waals surface area (Å²) in [5, 5.41) is 7.48. The van der Waals surface area contributed by atoms with Crippen molar-refractivity contribution >= 4 is 18.3 Å². The number of carbonyl (C=O) groups excluding carboxylic acids is 1. The Morgan fingerprint density at radius 3 is 2.82 bits per heavy atom. The minimum atomic E-state index is 0. The van der Waals surface area contributed by atoms with E-state index in [-0.39, 0.29) is 18.3 Å². The number of aromatic nitrogens is 2. The molecule has 4 rings (SSSR count). The molecule has 3 heterocycles. The zero-order valence-electron chi connectivity index (χ0n) is 16.1. The van der Waals surface area contributed by atoms with E-state index in [9.17, 15) is 4.79 Å². The van der Waals surface area contributed by atoms with E-state index >= 15 is 0 Å². The maximum Gasteiger partial charge on any atom is 0.226 e. The quantitative estimate of drug-likeness (QED) is 0.794. The standard InChI is InChI=1S/C20H26N4O3.ClH/c1-26-17-9-5-14(6-10-17)20-22-18(27-23-20)3-2-4-19(25)24-15-7-8-16(24)13-21-12-11-15;/h5-6,9-10,15-16,21H,2-4,7-8,11-13H2,1H3;1H. The van der Waals surface area contributed by atoms with E-state index in [0.717, 1.165) is 50.1 Å². The van der Waals surface area contributed by atoms with Crippen molar-refractivity contribution in [1.82, 2.24) is 20.4 Å². The van der Waals surface area contributed by atoms with Crippen LogP contribution in [-0.2, 0) is 11.2 Å². The van der Waals surface area contributed by atoms with Gasteiger partial charge in [0, 0.05) is 37.0 Å². The van der Waals surface area contributed by atoms with Gasteiger partial charge in [-0.3, -0.25) is 4.79 Å². The van der Waals surface area contributed by atoms with Crippen LogP contribution in [0.4, 0.5) is 0 Å². The molecule has 152 valence electrons. The van der Waals surface area contributed by atoms with Gasteiger partial charge < -0.3 is 19.5 Å². The van der Waals surface area contributed by atoms with Crippen LogP contribution in [0.25, 0.3) is 11.4 Å². The minimum absolute atomic E-state index is 0. The van der Waals surface area contributed by atoms with E-state index in [0.29, 0.717) is 36.6 Å². The monoisotopic (exact) mass is 406 g/mol. The fraction of sp³-hybridized carbons (Fsp3) is 0.550. The molecule has 2 aliphatic heterocycles. The van der Waals surface area contributed by atoms with Crippen LogP contribution in [-0.4, -0.2) is 53.2 Å². The van der Waals surface area contributed by atoms with Gasteiger partial charge in [-0.1, -0.05) is 5.16 Å². The van der Waals surface area contributed by atoms with Gasteiger partial charge in [0.15, 0.2) is 0 Å². The SMILES string of the molecule is COc1ccc(-c2noc(CCCC(=O)N3C4CCNCC3CC4)n2)cc1.Cl. The molecule has 2 fully saturated rings. The van der Waals surface area contributed by atoms with Gasteiger partial charge in [0.1, 0.15) is 5.75 Å². The van der Waals surface area contributed by atoms with Gasteiger partial charge >= 0.3 is 0 Å². The number of rotatable bonds is 6. The normalized spacial score (nSPS) is 21.1. The van der Waals surface area contributed by atoms with Gasteiger partial charge in [-0.25, -0.2) is 0 Å². The van der Waals surface area contributed by atoms with E-state index < -0.39 is 0 Å². The number of hydrogen-bond donors (Lipinski definition) is 1. The number of amides is 1. The van der Waals surface area contributed by atoms with Gasteiger partial charge in [-0.05, 0) is 56.5 Å². The van der Waals surface area contributed by atoms with Gasteiger partial charge in [-0.2, -0.15) is 4.98 Å². The van der Waals surface area contributed by atoms with Crippen LogP contribution in [0, 0.1) is 0 Å². The maximum atomic E-state index is 12.7. The molecule has 8 heteroatoms. The third kappa shape index (κ3) is 4.47. The third-order valence-electron chi connectivity index (χ3n) is 5.54. The van der Waals surface area contributed by atoms with Crippen molar-refractivity contribution in [1.29, 1.82) is 0 Å². The molecule has 7 nitrogen and oxygen atoms in total. The molecule has 1 N–H and O–H groups in total. The number of methoxy groups -OCH3 is 1. The smallest absolute Gasteiger partial charge is 0.226 e. The predicted octanol–water partition coefficient (Wildman–Crippen LogP) is 2.84. The summed E-state index contributed by atoms with van der Waals surface area (Å²) < 4.78 is 10.5. The van der Waals surface area contributed by atoms with Crippen molar-refractivity contribution < 1.29 is 14.1 Å². The first kappa shape index (κ1) is 20.6. The van der Waals surface area contributed by atoms with Gasteiger partial charge in [0.25, 0.3) is 0 Å². The number of aryl methyl sites for hydroxylation is 1. The topological polar surface area (TPSA) is 80.5 Å². The van der Waals surface area contributed by atoms with Gasteiger partial charge in [-0.15, -0.1) is 12.4 Å². The van der Waals surface area contributed by atoms with Crippen molar-refractivity contribution in [2.45, 2.75) is 50.6 Å². The average molecular weight is 407 g/mol. The molecule has 0 radical (unpaired) electrons. The summed E-state index contributed by atoms with van der Waals surface area (Å²) in [5.74, 6) is 2.20. The first-order valence-electron chi connectivity index (χ1n) is 9.73. The van der Waals surface area contributed by atoms with Gasteiger partial charge in [0.05, 0.1) is 7.11 Å². The number of fused-ring (bicyclic) bond motifs is 2. The van der Waals surface area contributed by atoms with Crippen LogP contribution in [0.3, 0.4) is 0 Å². The predicted molar refractivity (Wildman–Crippen MR) is 108 cm³/mol. The van der Waals surface area contributed by atoms with Crippen molar-refractivity contribution in [3.05, 3.63) is 30.2 Å². The lowest BCUT2D eigenvalue weighted by Crippen LogP contribution is -2.42. The molecular weight excluding hydrogens is 380 g/mol. The number of benzene rings is 1.